The number of rotatable bonds is 2. The van der Waals surface area contributed by atoms with Crippen LogP contribution in [0.5, 0.6) is 0 Å². The maximum atomic E-state index is 13.1. The molecule has 1 aromatic heterocycles. The van der Waals surface area contributed by atoms with Crippen molar-refractivity contribution < 1.29 is 9.50 Å². The molecule has 0 saturated carbocycles. The predicted molar refractivity (Wildman–Crippen MR) is 58.3 cm³/mol. The predicted octanol–water partition coefficient (Wildman–Crippen LogP) is 1.81. The molecule has 4 heteroatoms. The molecule has 2 aromatic rings. The second kappa shape index (κ2) is 3.72. The van der Waals surface area contributed by atoms with Gasteiger partial charge in [0.1, 0.15) is 11.4 Å². The van der Waals surface area contributed by atoms with E-state index < -0.39 is 5.60 Å². The number of halogens is 1. The highest BCUT2D eigenvalue weighted by atomic mass is 19.1. The second-order valence-corrected chi connectivity index (χ2v) is 3.99. The van der Waals surface area contributed by atoms with Crippen LogP contribution in [0.4, 0.5) is 4.39 Å². The van der Waals surface area contributed by atoms with Gasteiger partial charge in [-0.15, -0.1) is 0 Å². The smallest absolute Gasteiger partial charge is 0.123 e. The molecule has 0 radical (unpaired) electrons. The Balaban J connectivity index is 2.46. The van der Waals surface area contributed by atoms with E-state index in [-0.39, 0.29) is 5.82 Å². The van der Waals surface area contributed by atoms with Crippen LogP contribution in [-0.4, -0.2) is 14.9 Å². The molecule has 1 unspecified atom stereocenters. The van der Waals surface area contributed by atoms with E-state index in [1.807, 2.05) is 0 Å². The van der Waals surface area contributed by atoms with Gasteiger partial charge in [-0.2, -0.15) is 5.10 Å². The fourth-order valence-electron chi connectivity index (χ4n) is 1.63. The van der Waals surface area contributed by atoms with Crippen LogP contribution in [-0.2, 0) is 12.6 Å². The van der Waals surface area contributed by atoms with E-state index in [9.17, 15) is 9.50 Å². The quantitative estimate of drug-likeness (QED) is 0.838. The molecule has 1 aromatic carbocycles. The van der Waals surface area contributed by atoms with Crippen LogP contribution in [0.15, 0.2) is 36.7 Å². The maximum Gasteiger partial charge on any atom is 0.123 e. The van der Waals surface area contributed by atoms with Gasteiger partial charge in [-0.05, 0) is 24.6 Å². The molecule has 2 rings (SSSR count). The molecule has 0 amide bonds. The van der Waals surface area contributed by atoms with Gasteiger partial charge in [0.2, 0.25) is 0 Å². The molecular weight excluding hydrogens is 207 g/mol. The number of hydrogen-bond acceptors (Lipinski definition) is 2. The molecule has 0 aliphatic carbocycles. The normalized spacial score (nSPS) is 14.8. The van der Waals surface area contributed by atoms with Crippen molar-refractivity contribution in [3.8, 4) is 0 Å². The topological polar surface area (TPSA) is 38.0 Å². The molecule has 1 heterocycles. The zero-order valence-corrected chi connectivity index (χ0v) is 9.18. The summed E-state index contributed by atoms with van der Waals surface area (Å²) in [5, 5.41) is 14.4. The van der Waals surface area contributed by atoms with Gasteiger partial charge < -0.3 is 5.11 Å². The highest BCUT2D eigenvalue weighted by Crippen LogP contribution is 2.28. The minimum Gasteiger partial charge on any atom is -0.381 e. The molecule has 0 aliphatic heterocycles. The summed E-state index contributed by atoms with van der Waals surface area (Å²) < 4.78 is 14.7. The maximum absolute atomic E-state index is 13.1. The minimum absolute atomic E-state index is 0.360. The van der Waals surface area contributed by atoms with Crippen LogP contribution in [0.1, 0.15) is 18.1 Å². The molecule has 0 saturated heterocycles. The largest absolute Gasteiger partial charge is 0.381 e. The Morgan fingerprint density at radius 2 is 2.12 bits per heavy atom. The van der Waals surface area contributed by atoms with Crippen LogP contribution in [0.25, 0.3) is 0 Å². The van der Waals surface area contributed by atoms with Crippen LogP contribution < -0.4 is 0 Å². The van der Waals surface area contributed by atoms with Gasteiger partial charge in [0, 0.05) is 18.8 Å². The molecule has 0 spiro atoms. The summed E-state index contributed by atoms with van der Waals surface area (Å²) >= 11 is 0. The lowest BCUT2D eigenvalue weighted by atomic mass is 9.90. The minimum atomic E-state index is -1.23. The van der Waals surface area contributed by atoms with Crippen molar-refractivity contribution in [2.45, 2.75) is 12.5 Å². The van der Waals surface area contributed by atoms with Crippen molar-refractivity contribution in [1.29, 1.82) is 0 Å². The van der Waals surface area contributed by atoms with Gasteiger partial charge in [-0.3, -0.25) is 4.68 Å². The summed E-state index contributed by atoms with van der Waals surface area (Å²) in [5.41, 5.74) is -0.0720. The van der Waals surface area contributed by atoms with E-state index in [0.717, 1.165) is 0 Å². The van der Waals surface area contributed by atoms with Crippen molar-refractivity contribution >= 4 is 0 Å². The third-order valence-corrected chi connectivity index (χ3v) is 2.65. The second-order valence-electron chi connectivity index (χ2n) is 3.99. The molecule has 3 nitrogen and oxygen atoms in total. The van der Waals surface area contributed by atoms with E-state index in [1.54, 1.807) is 43.2 Å². The molecule has 0 bridgehead atoms. The lowest BCUT2D eigenvalue weighted by Crippen LogP contribution is -2.22. The average Bonchev–Trinajstić information content (AvgIpc) is 2.65. The summed E-state index contributed by atoms with van der Waals surface area (Å²) in [4.78, 5) is 0. The first-order valence-corrected chi connectivity index (χ1v) is 4.97. The van der Waals surface area contributed by atoms with Crippen molar-refractivity contribution in [3.05, 3.63) is 53.6 Å². The van der Waals surface area contributed by atoms with E-state index in [0.29, 0.717) is 11.1 Å². The summed E-state index contributed by atoms with van der Waals surface area (Å²) in [6.45, 7) is 1.62. The van der Waals surface area contributed by atoms with Gasteiger partial charge in [-0.1, -0.05) is 12.1 Å². The van der Waals surface area contributed by atoms with Gasteiger partial charge in [0.25, 0.3) is 0 Å². The zero-order chi connectivity index (χ0) is 11.8. The van der Waals surface area contributed by atoms with Crippen molar-refractivity contribution in [1.82, 2.24) is 9.78 Å². The standard InChI is InChI=1S/C12H13FN2O/c1-12(16,10-7-14-15(2)8-10)9-4-3-5-11(13)6-9/h3-8,16H,1-2H3. The average molecular weight is 220 g/mol. The molecule has 84 valence electrons. The summed E-state index contributed by atoms with van der Waals surface area (Å²) in [6, 6.07) is 5.95. The molecule has 1 N–H and O–H groups in total. The molecule has 0 fully saturated rings. The van der Waals surface area contributed by atoms with Crippen molar-refractivity contribution in [3.63, 3.8) is 0 Å². The van der Waals surface area contributed by atoms with E-state index in [2.05, 4.69) is 5.10 Å². The third-order valence-electron chi connectivity index (χ3n) is 2.65. The van der Waals surface area contributed by atoms with Crippen molar-refractivity contribution in [2.24, 2.45) is 7.05 Å². The van der Waals surface area contributed by atoms with Gasteiger partial charge in [0.05, 0.1) is 6.20 Å². The molecule has 16 heavy (non-hydrogen) atoms. The van der Waals surface area contributed by atoms with Crippen LogP contribution >= 0.6 is 0 Å². The van der Waals surface area contributed by atoms with E-state index in [4.69, 9.17) is 0 Å². The first kappa shape index (κ1) is 10.8. The monoisotopic (exact) mass is 220 g/mol. The number of aromatic nitrogens is 2. The Bertz CT molecular complexity index is 505. The van der Waals surface area contributed by atoms with Crippen molar-refractivity contribution in [2.75, 3.05) is 0 Å². The lowest BCUT2D eigenvalue weighted by Gasteiger charge is -2.22. The fourth-order valence-corrected chi connectivity index (χ4v) is 1.63. The van der Waals surface area contributed by atoms with Gasteiger partial charge >= 0.3 is 0 Å². The Kier molecular flexibility index (Phi) is 2.52. The highest BCUT2D eigenvalue weighted by Gasteiger charge is 2.27. The Morgan fingerprint density at radius 1 is 1.38 bits per heavy atom. The summed E-state index contributed by atoms with van der Waals surface area (Å²) in [5.74, 6) is -0.360. The van der Waals surface area contributed by atoms with Crippen LogP contribution in [0.3, 0.4) is 0 Å². The summed E-state index contributed by atoms with van der Waals surface area (Å²) in [7, 11) is 1.77. The van der Waals surface area contributed by atoms with Crippen LogP contribution in [0.2, 0.25) is 0 Å². The van der Waals surface area contributed by atoms with E-state index in [1.165, 1.54) is 12.1 Å². The number of hydrogen-bond donors (Lipinski definition) is 1. The molecular formula is C12H13FN2O. The number of benzene rings is 1. The van der Waals surface area contributed by atoms with Gasteiger partial charge in [0.15, 0.2) is 0 Å². The van der Waals surface area contributed by atoms with E-state index >= 15 is 0 Å². The Hall–Kier alpha value is -1.68. The van der Waals surface area contributed by atoms with Gasteiger partial charge in [-0.25, -0.2) is 4.39 Å². The first-order chi connectivity index (χ1) is 7.50. The number of nitrogens with zero attached hydrogens (tertiary/aromatic N) is 2. The third kappa shape index (κ3) is 1.84. The Labute approximate surface area is 93.2 Å². The SMILES string of the molecule is Cn1cc(C(C)(O)c2cccc(F)c2)cn1. The Morgan fingerprint density at radius 3 is 2.69 bits per heavy atom. The molecule has 0 aliphatic rings. The van der Waals surface area contributed by atoms with Crippen LogP contribution in [0, 0.1) is 5.82 Å². The number of aliphatic hydroxyl groups is 1. The highest BCUT2D eigenvalue weighted by molar-refractivity contribution is 5.32. The first-order valence-electron chi connectivity index (χ1n) is 4.97. The fraction of sp³-hybridized carbons (Fsp3) is 0.250. The zero-order valence-electron chi connectivity index (χ0n) is 9.18. The lowest BCUT2D eigenvalue weighted by molar-refractivity contribution is 0.102. The molecule has 1 atom stereocenters. The summed E-state index contributed by atoms with van der Waals surface area (Å²) in [6.07, 6.45) is 3.29. The number of aryl methyl sites for hydroxylation is 1.